The predicted octanol–water partition coefficient (Wildman–Crippen LogP) is 1.21. The molecule has 2 aliphatic rings. The number of benzene rings is 1. The Morgan fingerprint density at radius 2 is 2.17 bits per heavy atom. The van der Waals surface area contributed by atoms with E-state index in [9.17, 15) is 14.7 Å². The lowest BCUT2D eigenvalue weighted by atomic mass is 10.1. The zero-order chi connectivity index (χ0) is 16.2. The molecule has 124 valence electrons. The van der Waals surface area contributed by atoms with Crippen LogP contribution in [0.25, 0.3) is 0 Å². The number of hydrogen-bond acceptors (Lipinski definition) is 4. The SMILES string of the molecule is O=C(CN1CCCC(O)C1)Nc1cccc(N2CCCC2=O)c1. The normalized spacial score (nSPS) is 22.4. The third kappa shape index (κ3) is 4.09. The van der Waals surface area contributed by atoms with Crippen LogP contribution in [-0.4, -0.2) is 54.1 Å². The number of β-amino-alcohol motifs (C(OH)–C–C–N with tert-alkyl or cyclic N) is 1. The zero-order valence-electron chi connectivity index (χ0n) is 13.2. The summed E-state index contributed by atoms with van der Waals surface area (Å²) in [5.74, 6) is 0.0415. The van der Waals surface area contributed by atoms with Gasteiger partial charge in [0.1, 0.15) is 0 Å². The maximum atomic E-state index is 12.2. The highest BCUT2D eigenvalue weighted by Gasteiger charge is 2.22. The number of carbonyl (C=O) groups excluding carboxylic acids is 2. The van der Waals surface area contributed by atoms with E-state index in [0.717, 1.165) is 38.0 Å². The van der Waals surface area contributed by atoms with E-state index in [1.165, 1.54) is 0 Å². The summed E-state index contributed by atoms with van der Waals surface area (Å²) in [6, 6.07) is 7.40. The number of likely N-dealkylation sites (tertiary alicyclic amines) is 1. The second-order valence-corrected chi connectivity index (χ2v) is 6.28. The monoisotopic (exact) mass is 317 g/mol. The summed E-state index contributed by atoms with van der Waals surface area (Å²) in [7, 11) is 0. The Morgan fingerprint density at radius 3 is 2.91 bits per heavy atom. The lowest BCUT2D eigenvalue weighted by molar-refractivity contribution is -0.118. The Kier molecular flexibility index (Phi) is 4.93. The molecule has 2 fully saturated rings. The number of rotatable bonds is 4. The minimum Gasteiger partial charge on any atom is -0.392 e. The van der Waals surface area contributed by atoms with Crippen LogP contribution in [0.1, 0.15) is 25.7 Å². The van der Waals surface area contributed by atoms with E-state index in [1.54, 1.807) is 4.90 Å². The summed E-state index contributed by atoms with van der Waals surface area (Å²) >= 11 is 0. The zero-order valence-corrected chi connectivity index (χ0v) is 13.2. The van der Waals surface area contributed by atoms with Crippen LogP contribution in [0, 0.1) is 0 Å². The number of piperidine rings is 1. The van der Waals surface area contributed by atoms with E-state index in [2.05, 4.69) is 5.32 Å². The molecular weight excluding hydrogens is 294 g/mol. The highest BCUT2D eigenvalue weighted by atomic mass is 16.3. The van der Waals surface area contributed by atoms with Crippen LogP contribution in [0.3, 0.4) is 0 Å². The second kappa shape index (κ2) is 7.10. The van der Waals surface area contributed by atoms with Crippen molar-refractivity contribution in [3.05, 3.63) is 24.3 Å². The molecule has 0 radical (unpaired) electrons. The average molecular weight is 317 g/mol. The topological polar surface area (TPSA) is 72.9 Å². The minimum atomic E-state index is -0.332. The van der Waals surface area contributed by atoms with E-state index < -0.39 is 0 Å². The number of aliphatic hydroxyl groups excluding tert-OH is 1. The average Bonchev–Trinajstić information content (AvgIpc) is 2.93. The number of carbonyl (C=O) groups is 2. The van der Waals surface area contributed by atoms with Crippen LogP contribution >= 0.6 is 0 Å². The molecule has 23 heavy (non-hydrogen) atoms. The van der Waals surface area contributed by atoms with Crippen molar-refractivity contribution in [2.24, 2.45) is 0 Å². The van der Waals surface area contributed by atoms with Crippen LogP contribution in [0.5, 0.6) is 0 Å². The van der Waals surface area contributed by atoms with Gasteiger partial charge in [0.2, 0.25) is 11.8 Å². The molecule has 0 aromatic heterocycles. The number of nitrogens with zero attached hydrogens (tertiary/aromatic N) is 2. The van der Waals surface area contributed by atoms with Crippen molar-refractivity contribution in [2.75, 3.05) is 36.4 Å². The highest BCUT2D eigenvalue weighted by molar-refractivity contribution is 5.97. The molecule has 2 heterocycles. The Bertz CT molecular complexity index is 590. The van der Waals surface area contributed by atoms with Crippen molar-refractivity contribution in [3.63, 3.8) is 0 Å². The minimum absolute atomic E-state index is 0.0935. The molecule has 0 bridgehead atoms. The molecule has 1 atom stereocenters. The van der Waals surface area contributed by atoms with Gasteiger partial charge >= 0.3 is 0 Å². The number of hydrogen-bond donors (Lipinski definition) is 2. The van der Waals surface area contributed by atoms with Crippen molar-refractivity contribution in [2.45, 2.75) is 31.8 Å². The van der Waals surface area contributed by atoms with Crippen molar-refractivity contribution >= 4 is 23.2 Å². The fourth-order valence-corrected chi connectivity index (χ4v) is 3.25. The standard InChI is InChI=1S/C17H23N3O3/c21-15-6-2-8-19(11-15)12-16(22)18-13-4-1-5-14(10-13)20-9-3-7-17(20)23/h1,4-5,10,15,21H,2-3,6-9,11-12H2,(H,18,22). The van der Waals surface area contributed by atoms with Gasteiger partial charge < -0.3 is 15.3 Å². The molecule has 2 saturated heterocycles. The van der Waals surface area contributed by atoms with Crippen molar-refractivity contribution in [3.8, 4) is 0 Å². The maximum Gasteiger partial charge on any atom is 0.238 e. The smallest absolute Gasteiger partial charge is 0.238 e. The molecular formula is C17H23N3O3. The van der Waals surface area contributed by atoms with Crippen molar-refractivity contribution in [1.29, 1.82) is 0 Å². The fraction of sp³-hybridized carbons (Fsp3) is 0.529. The third-order valence-corrected chi connectivity index (χ3v) is 4.36. The molecule has 1 unspecified atom stereocenters. The fourth-order valence-electron chi connectivity index (χ4n) is 3.25. The lowest BCUT2D eigenvalue weighted by Gasteiger charge is -2.29. The first kappa shape index (κ1) is 16.0. The third-order valence-electron chi connectivity index (χ3n) is 4.36. The maximum absolute atomic E-state index is 12.2. The first-order chi connectivity index (χ1) is 11.1. The van der Waals surface area contributed by atoms with Gasteiger partial charge in [-0.3, -0.25) is 14.5 Å². The quantitative estimate of drug-likeness (QED) is 0.875. The van der Waals surface area contributed by atoms with Crippen LogP contribution < -0.4 is 10.2 Å². The highest BCUT2D eigenvalue weighted by Crippen LogP contribution is 2.24. The van der Waals surface area contributed by atoms with Crippen molar-refractivity contribution < 1.29 is 14.7 Å². The van der Waals surface area contributed by atoms with Crippen LogP contribution in [0.4, 0.5) is 11.4 Å². The van der Waals surface area contributed by atoms with E-state index in [-0.39, 0.29) is 24.5 Å². The van der Waals surface area contributed by atoms with Gasteiger partial charge in [-0.15, -0.1) is 0 Å². The largest absolute Gasteiger partial charge is 0.392 e. The number of anilines is 2. The molecule has 6 nitrogen and oxygen atoms in total. The van der Waals surface area contributed by atoms with Crippen LogP contribution in [0.15, 0.2) is 24.3 Å². The predicted molar refractivity (Wildman–Crippen MR) is 88.3 cm³/mol. The van der Waals surface area contributed by atoms with E-state index >= 15 is 0 Å². The Labute approximate surface area is 136 Å². The summed E-state index contributed by atoms with van der Waals surface area (Å²) in [6.45, 7) is 2.41. The van der Waals surface area contributed by atoms with Gasteiger partial charge in [0.05, 0.1) is 12.6 Å². The lowest BCUT2D eigenvalue weighted by Crippen LogP contribution is -2.42. The van der Waals surface area contributed by atoms with E-state index in [0.29, 0.717) is 18.7 Å². The number of nitrogens with one attached hydrogen (secondary N) is 1. The first-order valence-corrected chi connectivity index (χ1v) is 8.22. The Morgan fingerprint density at radius 1 is 1.30 bits per heavy atom. The second-order valence-electron chi connectivity index (χ2n) is 6.28. The molecule has 0 saturated carbocycles. The first-order valence-electron chi connectivity index (χ1n) is 8.22. The van der Waals surface area contributed by atoms with Gasteiger partial charge in [0.15, 0.2) is 0 Å². The Balaban J connectivity index is 1.59. The summed E-state index contributed by atoms with van der Waals surface area (Å²) in [6.07, 6.45) is 2.87. The van der Waals surface area contributed by atoms with E-state index in [1.807, 2.05) is 29.2 Å². The Hall–Kier alpha value is -1.92. The van der Waals surface area contributed by atoms with Crippen LogP contribution in [-0.2, 0) is 9.59 Å². The molecule has 1 aromatic carbocycles. The van der Waals surface area contributed by atoms with Gasteiger partial charge in [-0.05, 0) is 44.0 Å². The molecule has 1 aromatic rings. The number of aliphatic hydroxyl groups is 1. The molecule has 0 spiro atoms. The molecule has 0 aliphatic carbocycles. The van der Waals surface area contributed by atoms with Gasteiger partial charge in [0.25, 0.3) is 0 Å². The summed E-state index contributed by atoms with van der Waals surface area (Å²) < 4.78 is 0. The van der Waals surface area contributed by atoms with Gasteiger partial charge in [0, 0.05) is 30.9 Å². The van der Waals surface area contributed by atoms with Crippen molar-refractivity contribution in [1.82, 2.24) is 4.90 Å². The molecule has 2 amide bonds. The van der Waals surface area contributed by atoms with E-state index in [4.69, 9.17) is 0 Å². The molecule has 6 heteroatoms. The molecule has 3 rings (SSSR count). The summed E-state index contributed by atoms with van der Waals surface area (Å²) in [5, 5.41) is 12.5. The molecule has 2 aliphatic heterocycles. The summed E-state index contributed by atoms with van der Waals surface area (Å²) in [4.78, 5) is 27.7. The number of amides is 2. The van der Waals surface area contributed by atoms with Gasteiger partial charge in [-0.2, -0.15) is 0 Å². The summed E-state index contributed by atoms with van der Waals surface area (Å²) in [5.41, 5.74) is 1.53. The molecule has 2 N–H and O–H groups in total. The van der Waals surface area contributed by atoms with Gasteiger partial charge in [-0.1, -0.05) is 6.07 Å². The van der Waals surface area contributed by atoms with Crippen LogP contribution in [0.2, 0.25) is 0 Å². The van der Waals surface area contributed by atoms with Gasteiger partial charge in [-0.25, -0.2) is 0 Å².